The number of phosphoric ester groups is 1. The van der Waals surface area contributed by atoms with Crippen LogP contribution in [0.2, 0.25) is 0 Å². The maximum Gasteiger partial charge on any atom is 0.490 e. The van der Waals surface area contributed by atoms with Gasteiger partial charge in [0.2, 0.25) is 0 Å². The Balaban J connectivity index is 2.10. The van der Waals surface area contributed by atoms with Gasteiger partial charge in [-0.2, -0.15) is 8.62 Å². The average Bonchev–Trinajstić information content (AvgIpc) is 2.97. The third kappa shape index (κ3) is 7.25. The van der Waals surface area contributed by atoms with Gasteiger partial charge in [-0.15, -0.1) is 0 Å². The number of aromatic nitrogens is 2. The largest absolute Gasteiger partial charge is 0.490 e. The van der Waals surface area contributed by atoms with Crippen molar-refractivity contribution in [3.05, 3.63) is 32.6 Å². The Hall–Kier alpha value is -1.52. The molecule has 0 aromatic carbocycles. The molecule has 1 aromatic heterocycles. The number of ether oxygens (including phenoxy) is 1. The number of rotatable bonds is 9. The van der Waals surface area contributed by atoms with Gasteiger partial charge in [-0.05, 0) is 0 Å². The first-order valence-corrected chi connectivity index (χ1v) is 12.7. The van der Waals surface area contributed by atoms with Gasteiger partial charge < -0.3 is 34.7 Å². The van der Waals surface area contributed by atoms with Gasteiger partial charge in [0.25, 0.3) is 11.5 Å². The SMILES string of the molecule is CNC(=O)c1cn([C@H]2C[C@@H](O)[C@@H](COP(=O)(O)OP(=O)(O)OP(=O)(O)O)O2)c(=O)[nH]c1=O. The van der Waals surface area contributed by atoms with Crippen molar-refractivity contribution in [1.82, 2.24) is 14.9 Å². The van der Waals surface area contributed by atoms with Crippen LogP contribution in [-0.4, -0.2) is 66.0 Å². The lowest BCUT2D eigenvalue weighted by molar-refractivity contribution is -0.0450. The second-order valence-corrected chi connectivity index (χ2v) is 10.5. The third-order valence-corrected chi connectivity index (χ3v) is 7.57. The van der Waals surface area contributed by atoms with E-state index >= 15 is 0 Å². The summed E-state index contributed by atoms with van der Waals surface area (Å²) >= 11 is 0. The molecule has 1 saturated heterocycles. The first-order valence-electron chi connectivity index (χ1n) is 8.23. The Labute approximate surface area is 177 Å². The number of hydrogen-bond donors (Lipinski definition) is 7. The Kier molecular flexibility index (Phi) is 8.16. The number of nitrogens with zero attached hydrogens (tertiary/aromatic N) is 1. The van der Waals surface area contributed by atoms with Crippen molar-refractivity contribution in [3.63, 3.8) is 0 Å². The minimum absolute atomic E-state index is 0.302. The van der Waals surface area contributed by atoms with Crippen molar-refractivity contribution >= 4 is 29.4 Å². The smallest absolute Gasteiger partial charge is 0.390 e. The molecule has 1 aromatic rings. The molecule has 1 fully saturated rings. The number of amides is 1. The van der Waals surface area contributed by atoms with E-state index in [1.54, 1.807) is 0 Å². The first kappa shape index (κ1) is 26.7. The predicted octanol–water partition coefficient (Wildman–Crippen LogP) is -2.11. The number of aliphatic hydroxyl groups is 1. The second-order valence-electron chi connectivity index (χ2n) is 6.11. The number of aliphatic hydroxyl groups excluding tert-OH is 1. The molecule has 1 aliphatic heterocycles. The Morgan fingerprint density at radius 3 is 2.41 bits per heavy atom. The van der Waals surface area contributed by atoms with Crippen molar-refractivity contribution in [1.29, 1.82) is 0 Å². The van der Waals surface area contributed by atoms with E-state index in [4.69, 9.17) is 19.4 Å². The number of hydrogen-bond acceptors (Lipinski definition) is 11. The molecule has 2 rings (SSSR count). The average molecular weight is 525 g/mol. The fraction of sp³-hybridized carbons (Fsp3) is 0.545. The standard InChI is InChI=1S/C11H18N3O15P3/c1-12-9(16)5-3-14(11(18)13-10(5)17)8-2-6(15)7(27-8)4-26-31(22,23)29-32(24,25)28-30(19,20)21/h3,6-8,15H,2,4H2,1H3,(H,12,16)(H,22,23)(H,24,25)(H,13,17,18)(H2,19,20,21)/t6-,7-,8-/m1/s1. The monoisotopic (exact) mass is 525 g/mol. The topological polar surface area (TPSA) is 273 Å². The molecule has 1 aliphatic rings. The molecule has 0 radical (unpaired) electrons. The van der Waals surface area contributed by atoms with Gasteiger partial charge in [-0.1, -0.05) is 0 Å². The summed E-state index contributed by atoms with van der Waals surface area (Å²) in [5.41, 5.74) is -2.41. The Morgan fingerprint density at radius 1 is 1.22 bits per heavy atom. The van der Waals surface area contributed by atoms with Crippen LogP contribution in [0.4, 0.5) is 0 Å². The summed E-state index contributed by atoms with van der Waals surface area (Å²) in [6, 6.07) is 0. The number of phosphoric acid groups is 3. The van der Waals surface area contributed by atoms with Gasteiger partial charge in [-0.3, -0.25) is 23.7 Å². The normalized spacial score (nSPS) is 25.1. The van der Waals surface area contributed by atoms with Gasteiger partial charge in [0.15, 0.2) is 0 Å². The van der Waals surface area contributed by atoms with Gasteiger partial charge in [0, 0.05) is 19.7 Å². The van der Waals surface area contributed by atoms with Crippen molar-refractivity contribution in [2.75, 3.05) is 13.7 Å². The lowest BCUT2D eigenvalue weighted by atomic mass is 10.2. The molecule has 182 valence electrons. The van der Waals surface area contributed by atoms with Crippen LogP contribution in [0, 0.1) is 0 Å². The molecular weight excluding hydrogens is 507 g/mol. The van der Waals surface area contributed by atoms with E-state index in [0.29, 0.717) is 0 Å². The quantitative estimate of drug-likeness (QED) is 0.170. The van der Waals surface area contributed by atoms with Crippen LogP contribution >= 0.6 is 23.5 Å². The van der Waals surface area contributed by atoms with E-state index in [-0.39, 0.29) is 6.42 Å². The van der Waals surface area contributed by atoms with E-state index in [9.17, 15) is 38.1 Å². The zero-order valence-electron chi connectivity index (χ0n) is 15.8. The summed E-state index contributed by atoms with van der Waals surface area (Å²) in [7, 11) is -15.5. The zero-order valence-corrected chi connectivity index (χ0v) is 18.5. The molecule has 18 nitrogen and oxygen atoms in total. The molecule has 0 saturated carbocycles. The molecule has 7 N–H and O–H groups in total. The molecule has 5 atom stereocenters. The molecule has 2 heterocycles. The van der Waals surface area contributed by atoms with Gasteiger partial charge in [-0.25, -0.2) is 18.5 Å². The summed E-state index contributed by atoms with van der Waals surface area (Å²) in [4.78, 5) is 72.9. The first-order chi connectivity index (χ1) is 14.5. The van der Waals surface area contributed by atoms with Crippen LogP contribution in [0.5, 0.6) is 0 Å². The van der Waals surface area contributed by atoms with Crippen molar-refractivity contribution in [2.24, 2.45) is 0 Å². The molecule has 0 spiro atoms. The molecule has 0 aliphatic carbocycles. The molecule has 0 bridgehead atoms. The molecule has 21 heteroatoms. The lowest BCUT2D eigenvalue weighted by Crippen LogP contribution is -2.37. The fourth-order valence-corrected chi connectivity index (χ4v) is 5.53. The predicted molar refractivity (Wildman–Crippen MR) is 99.1 cm³/mol. The summed E-state index contributed by atoms with van der Waals surface area (Å²) < 4.78 is 51.2. The third-order valence-electron chi connectivity index (χ3n) is 3.77. The van der Waals surface area contributed by atoms with Gasteiger partial charge in [0.05, 0.1) is 12.7 Å². The van der Waals surface area contributed by atoms with Gasteiger partial charge >= 0.3 is 29.2 Å². The molecular formula is C11H18N3O15P3. The Bertz CT molecular complexity index is 1120. The highest BCUT2D eigenvalue weighted by molar-refractivity contribution is 7.66. The van der Waals surface area contributed by atoms with Crippen LogP contribution in [0.25, 0.3) is 0 Å². The number of aromatic amines is 1. The molecule has 1 amide bonds. The second kappa shape index (κ2) is 9.77. The zero-order chi connectivity index (χ0) is 24.5. The summed E-state index contributed by atoms with van der Waals surface area (Å²) in [6.07, 6.45) is -3.51. The minimum Gasteiger partial charge on any atom is -0.390 e. The van der Waals surface area contributed by atoms with Crippen LogP contribution < -0.4 is 16.6 Å². The van der Waals surface area contributed by atoms with Crippen molar-refractivity contribution in [3.8, 4) is 0 Å². The number of carbonyl (C=O) groups is 1. The van der Waals surface area contributed by atoms with Gasteiger partial charge in [0.1, 0.15) is 17.9 Å². The Morgan fingerprint density at radius 2 is 1.84 bits per heavy atom. The van der Waals surface area contributed by atoms with E-state index in [0.717, 1.165) is 10.8 Å². The van der Waals surface area contributed by atoms with E-state index in [1.165, 1.54) is 7.05 Å². The maximum absolute atomic E-state index is 12.0. The van der Waals surface area contributed by atoms with Crippen LogP contribution in [0.3, 0.4) is 0 Å². The lowest BCUT2D eigenvalue weighted by Gasteiger charge is -2.19. The summed E-state index contributed by atoms with van der Waals surface area (Å²) in [5, 5.41) is 12.2. The van der Waals surface area contributed by atoms with E-state index in [2.05, 4.69) is 18.5 Å². The van der Waals surface area contributed by atoms with E-state index in [1.807, 2.05) is 4.98 Å². The number of H-pyrrole nitrogens is 1. The van der Waals surface area contributed by atoms with Crippen LogP contribution in [-0.2, 0) is 31.6 Å². The summed E-state index contributed by atoms with van der Waals surface area (Å²) in [6.45, 7) is -0.957. The number of nitrogens with one attached hydrogen (secondary N) is 2. The highest BCUT2D eigenvalue weighted by Crippen LogP contribution is 2.66. The van der Waals surface area contributed by atoms with Crippen molar-refractivity contribution < 1.29 is 61.1 Å². The minimum atomic E-state index is -5.72. The summed E-state index contributed by atoms with van der Waals surface area (Å²) in [5.74, 6) is -0.817. The highest BCUT2D eigenvalue weighted by Gasteiger charge is 2.43. The van der Waals surface area contributed by atoms with E-state index < -0.39 is 71.2 Å². The molecule has 32 heavy (non-hydrogen) atoms. The fourth-order valence-electron chi connectivity index (χ4n) is 2.50. The van der Waals surface area contributed by atoms with Crippen molar-refractivity contribution in [2.45, 2.75) is 24.9 Å². The van der Waals surface area contributed by atoms with Crippen LogP contribution in [0.1, 0.15) is 23.0 Å². The van der Waals surface area contributed by atoms with Crippen LogP contribution in [0.15, 0.2) is 15.8 Å². The molecule has 2 unspecified atom stereocenters. The maximum atomic E-state index is 12.0. The number of carbonyl (C=O) groups excluding carboxylic acids is 1. The highest BCUT2D eigenvalue weighted by atomic mass is 31.3.